The minimum atomic E-state index is -0.614. The first-order valence-corrected chi connectivity index (χ1v) is 5.91. The zero-order chi connectivity index (χ0) is 13.3. The van der Waals surface area contributed by atoms with Crippen LogP contribution < -0.4 is 15.0 Å². The second kappa shape index (κ2) is 4.86. The Morgan fingerprint density at radius 1 is 1.56 bits per heavy atom. The maximum Gasteiger partial charge on any atom is 0.264 e. The molecule has 1 heterocycles. The minimum Gasteiger partial charge on any atom is -0.482 e. The van der Waals surface area contributed by atoms with Gasteiger partial charge in [0.1, 0.15) is 11.1 Å². The van der Waals surface area contributed by atoms with Crippen molar-refractivity contribution in [2.45, 2.75) is 12.3 Å². The van der Waals surface area contributed by atoms with Gasteiger partial charge < -0.3 is 15.0 Å². The summed E-state index contributed by atoms with van der Waals surface area (Å²) in [7, 11) is 1.67. The molecule has 18 heavy (non-hydrogen) atoms. The van der Waals surface area contributed by atoms with Crippen molar-refractivity contribution in [1.29, 1.82) is 0 Å². The monoisotopic (exact) mass is 268 g/mol. The fraction of sp³-hybridized carbons (Fsp3) is 0.333. The van der Waals surface area contributed by atoms with Crippen LogP contribution in [0.2, 0.25) is 0 Å². The molecule has 1 atom stereocenters. The van der Waals surface area contributed by atoms with E-state index in [1.54, 1.807) is 32.2 Å². The second-order valence-corrected chi connectivity index (χ2v) is 4.68. The predicted octanol–water partition coefficient (Wildman–Crippen LogP) is 1.61. The smallest absolute Gasteiger partial charge is 0.264 e. The van der Waals surface area contributed by atoms with Crippen LogP contribution in [0.1, 0.15) is 6.92 Å². The molecule has 0 fully saturated rings. The number of likely N-dealkylation sites (N-methyl/N-ethyl adjacent to an activating group) is 1. The van der Waals surface area contributed by atoms with E-state index in [-0.39, 0.29) is 18.4 Å². The summed E-state index contributed by atoms with van der Waals surface area (Å²) in [4.78, 5) is 24.5. The molecule has 5 nitrogen and oxygen atoms in total. The highest BCUT2D eigenvalue weighted by atomic mass is 35.5. The van der Waals surface area contributed by atoms with Crippen molar-refractivity contribution in [3.8, 4) is 5.75 Å². The third-order valence-electron chi connectivity index (χ3n) is 2.67. The van der Waals surface area contributed by atoms with Crippen LogP contribution in [0.5, 0.6) is 5.75 Å². The lowest BCUT2D eigenvalue weighted by molar-refractivity contribution is -0.121. The number of hydrogen-bond acceptors (Lipinski definition) is 3. The quantitative estimate of drug-likeness (QED) is 0.829. The summed E-state index contributed by atoms with van der Waals surface area (Å²) in [6.45, 7) is 1.63. The van der Waals surface area contributed by atoms with Crippen molar-refractivity contribution in [1.82, 2.24) is 0 Å². The van der Waals surface area contributed by atoms with Crippen molar-refractivity contribution in [3.05, 3.63) is 18.2 Å². The van der Waals surface area contributed by atoms with Gasteiger partial charge in [0.05, 0.1) is 5.69 Å². The predicted molar refractivity (Wildman–Crippen MR) is 69.3 cm³/mol. The molecule has 1 aliphatic rings. The first-order valence-electron chi connectivity index (χ1n) is 5.47. The number of carbonyl (C=O) groups is 2. The molecule has 1 unspecified atom stereocenters. The van der Waals surface area contributed by atoms with E-state index in [0.717, 1.165) is 0 Å². The largest absolute Gasteiger partial charge is 0.482 e. The highest BCUT2D eigenvalue weighted by Gasteiger charge is 2.22. The summed E-state index contributed by atoms with van der Waals surface area (Å²) in [6, 6.07) is 5.11. The van der Waals surface area contributed by atoms with E-state index in [1.165, 1.54) is 4.90 Å². The molecule has 0 aliphatic carbocycles. The van der Waals surface area contributed by atoms with Gasteiger partial charge in [-0.05, 0) is 25.1 Å². The van der Waals surface area contributed by atoms with Gasteiger partial charge in [-0.25, -0.2) is 0 Å². The number of benzene rings is 1. The zero-order valence-electron chi connectivity index (χ0n) is 10.1. The van der Waals surface area contributed by atoms with Crippen molar-refractivity contribution in [2.75, 3.05) is 23.9 Å². The highest BCUT2D eigenvalue weighted by molar-refractivity contribution is 6.32. The van der Waals surface area contributed by atoms with Crippen LogP contribution in [0.4, 0.5) is 11.4 Å². The van der Waals surface area contributed by atoms with Crippen LogP contribution in [0, 0.1) is 0 Å². The van der Waals surface area contributed by atoms with Crippen molar-refractivity contribution in [2.24, 2.45) is 0 Å². The van der Waals surface area contributed by atoms with Gasteiger partial charge in [-0.2, -0.15) is 0 Å². The zero-order valence-corrected chi connectivity index (χ0v) is 10.8. The average Bonchev–Trinajstić information content (AvgIpc) is 2.34. The maximum absolute atomic E-state index is 11.5. The lowest BCUT2D eigenvalue weighted by Crippen LogP contribution is -2.35. The first kappa shape index (κ1) is 12.7. The van der Waals surface area contributed by atoms with E-state index in [2.05, 4.69) is 5.32 Å². The van der Waals surface area contributed by atoms with Crippen LogP contribution >= 0.6 is 11.6 Å². The summed E-state index contributed by atoms with van der Waals surface area (Å²) in [5.74, 6) is 0.202. The summed E-state index contributed by atoms with van der Waals surface area (Å²) in [5, 5.41) is 2.05. The molecule has 0 aromatic heterocycles. The Kier molecular flexibility index (Phi) is 3.43. The van der Waals surface area contributed by atoms with E-state index in [4.69, 9.17) is 16.3 Å². The minimum absolute atomic E-state index is 0.0356. The Morgan fingerprint density at radius 3 is 2.94 bits per heavy atom. The highest BCUT2D eigenvalue weighted by Crippen LogP contribution is 2.33. The van der Waals surface area contributed by atoms with Gasteiger partial charge in [0.25, 0.3) is 5.91 Å². The Labute approximate surface area is 110 Å². The van der Waals surface area contributed by atoms with Crippen molar-refractivity contribution in [3.63, 3.8) is 0 Å². The number of fused-ring (bicyclic) bond motifs is 1. The summed E-state index contributed by atoms with van der Waals surface area (Å²) in [5.41, 5.74) is 1.21. The number of nitrogens with one attached hydrogen (secondary N) is 1. The van der Waals surface area contributed by atoms with Gasteiger partial charge in [0.15, 0.2) is 6.61 Å². The van der Waals surface area contributed by atoms with E-state index in [1.807, 2.05) is 0 Å². The number of nitrogens with zero attached hydrogens (tertiary/aromatic N) is 1. The summed E-state index contributed by atoms with van der Waals surface area (Å²) >= 11 is 5.67. The van der Waals surface area contributed by atoms with Crippen molar-refractivity contribution >= 4 is 34.8 Å². The number of amides is 2. The number of alkyl halides is 1. The van der Waals surface area contributed by atoms with Gasteiger partial charge in [0, 0.05) is 12.7 Å². The van der Waals surface area contributed by atoms with E-state index >= 15 is 0 Å². The molecule has 96 valence electrons. The third kappa shape index (κ3) is 2.41. The van der Waals surface area contributed by atoms with Crippen LogP contribution in [0.15, 0.2) is 18.2 Å². The van der Waals surface area contributed by atoms with Crippen LogP contribution in [-0.4, -0.2) is 30.8 Å². The number of anilines is 2. The van der Waals surface area contributed by atoms with Crippen molar-refractivity contribution < 1.29 is 14.3 Å². The topological polar surface area (TPSA) is 58.6 Å². The number of carbonyl (C=O) groups excluding carboxylic acids is 2. The molecule has 1 aromatic carbocycles. The summed E-state index contributed by atoms with van der Waals surface area (Å²) in [6.07, 6.45) is 0. The lowest BCUT2D eigenvalue weighted by Gasteiger charge is -2.26. The average molecular weight is 269 g/mol. The molecular weight excluding hydrogens is 256 g/mol. The Morgan fingerprint density at radius 2 is 2.28 bits per heavy atom. The molecule has 2 amide bonds. The first-order chi connectivity index (χ1) is 8.49. The lowest BCUT2D eigenvalue weighted by atomic mass is 10.2. The Hall–Kier alpha value is -1.75. The number of halogens is 1. The second-order valence-electron chi connectivity index (χ2n) is 4.03. The molecule has 0 bridgehead atoms. The van der Waals surface area contributed by atoms with E-state index in [0.29, 0.717) is 17.1 Å². The standard InChI is InChI=1S/C12H13ClN2O3/c1-7(13)12(17)14-8-3-4-10-9(5-8)15(2)11(16)6-18-10/h3-5,7H,6H2,1-2H3,(H,14,17). The van der Waals surface area contributed by atoms with Crippen LogP contribution in [-0.2, 0) is 9.59 Å². The van der Waals surface area contributed by atoms with Gasteiger partial charge in [-0.1, -0.05) is 0 Å². The molecule has 1 aliphatic heterocycles. The summed E-state index contributed by atoms with van der Waals surface area (Å²) < 4.78 is 5.28. The number of hydrogen-bond donors (Lipinski definition) is 1. The SMILES string of the molecule is CC(Cl)C(=O)Nc1ccc2c(c1)N(C)C(=O)CO2. The van der Waals surface area contributed by atoms with Gasteiger partial charge in [0.2, 0.25) is 5.91 Å². The molecule has 1 N–H and O–H groups in total. The Balaban J connectivity index is 2.26. The number of ether oxygens (including phenoxy) is 1. The molecule has 6 heteroatoms. The van der Waals surface area contributed by atoms with E-state index < -0.39 is 5.38 Å². The number of rotatable bonds is 2. The van der Waals surface area contributed by atoms with Gasteiger partial charge >= 0.3 is 0 Å². The van der Waals surface area contributed by atoms with E-state index in [9.17, 15) is 9.59 Å². The molecule has 2 rings (SSSR count). The molecule has 0 saturated heterocycles. The molecular formula is C12H13ClN2O3. The Bertz CT molecular complexity index is 502. The maximum atomic E-state index is 11.5. The van der Waals surface area contributed by atoms with Crippen LogP contribution in [0.3, 0.4) is 0 Å². The van der Waals surface area contributed by atoms with Gasteiger partial charge in [-0.15, -0.1) is 11.6 Å². The normalized spacial score (nSPS) is 15.7. The molecule has 0 saturated carbocycles. The molecule has 1 aromatic rings. The molecule has 0 spiro atoms. The van der Waals surface area contributed by atoms with Gasteiger partial charge in [-0.3, -0.25) is 9.59 Å². The fourth-order valence-electron chi connectivity index (χ4n) is 1.59. The fourth-order valence-corrected chi connectivity index (χ4v) is 1.65. The molecule has 0 radical (unpaired) electrons. The van der Waals surface area contributed by atoms with Crippen LogP contribution in [0.25, 0.3) is 0 Å². The third-order valence-corrected chi connectivity index (χ3v) is 2.87.